The Kier molecular flexibility index (Phi) is 5.69. The third-order valence-electron chi connectivity index (χ3n) is 3.60. The Morgan fingerprint density at radius 3 is 2.52 bits per heavy atom. The normalized spacial score (nSPS) is 10.4. The Balaban J connectivity index is 1.57. The van der Waals surface area contributed by atoms with Crippen LogP contribution in [0, 0.1) is 0 Å². The van der Waals surface area contributed by atoms with Crippen LogP contribution in [0.5, 0.6) is 0 Å². The number of urea groups is 1. The zero-order chi connectivity index (χ0) is 17.5. The van der Waals surface area contributed by atoms with Crippen molar-refractivity contribution in [1.29, 1.82) is 0 Å². The maximum atomic E-state index is 12.1. The van der Waals surface area contributed by atoms with Crippen molar-refractivity contribution in [3.05, 3.63) is 54.4 Å². The molecule has 0 bridgehead atoms. The minimum absolute atomic E-state index is 0.335. The van der Waals surface area contributed by atoms with Gasteiger partial charge >= 0.3 is 6.03 Å². The van der Waals surface area contributed by atoms with E-state index in [4.69, 9.17) is 0 Å². The number of aryl methyl sites for hydroxylation is 1. The highest BCUT2D eigenvalue weighted by Crippen LogP contribution is 2.25. The van der Waals surface area contributed by atoms with Crippen LogP contribution in [0.1, 0.15) is 25.3 Å². The van der Waals surface area contributed by atoms with E-state index in [1.807, 2.05) is 36.4 Å². The summed E-state index contributed by atoms with van der Waals surface area (Å²) in [5, 5.41) is 14.8. The number of unbranched alkanes of at least 4 members (excludes halogenated alkanes) is 1. The van der Waals surface area contributed by atoms with Crippen LogP contribution < -0.4 is 10.6 Å². The highest BCUT2D eigenvalue weighted by Gasteiger charge is 2.09. The van der Waals surface area contributed by atoms with Gasteiger partial charge in [0.05, 0.1) is 0 Å². The molecule has 0 fully saturated rings. The Bertz CT molecular complexity index is 817. The maximum absolute atomic E-state index is 12.1. The van der Waals surface area contributed by atoms with Crippen LogP contribution in [0.3, 0.4) is 0 Å². The zero-order valence-corrected chi connectivity index (χ0v) is 14.7. The van der Waals surface area contributed by atoms with Gasteiger partial charge in [-0.15, -0.1) is 10.2 Å². The van der Waals surface area contributed by atoms with Gasteiger partial charge in [-0.1, -0.05) is 36.8 Å². The second-order valence-corrected chi connectivity index (χ2v) is 6.51. The standard InChI is InChI=1S/C18H19N5OS/c1-2-3-4-13-5-7-15(8-6-13)20-17(24)21-18-23-22-16(25-18)14-9-11-19-12-10-14/h5-12H,2-4H2,1H3,(H2,20,21,23,24). The first-order valence-electron chi connectivity index (χ1n) is 8.15. The number of hydrogen-bond acceptors (Lipinski definition) is 5. The van der Waals surface area contributed by atoms with E-state index in [1.54, 1.807) is 12.4 Å². The van der Waals surface area contributed by atoms with E-state index in [0.717, 1.165) is 22.7 Å². The Morgan fingerprint density at radius 1 is 1.04 bits per heavy atom. The van der Waals surface area contributed by atoms with Crippen molar-refractivity contribution in [3.8, 4) is 10.6 Å². The van der Waals surface area contributed by atoms with E-state index in [-0.39, 0.29) is 6.03 Å². The number of amides is 2. The number of carbonyl (C=O) groups excluding carboxylic acids is 1. The summed E-state index contributed by atoms with van der Waals surface area (Å²) < 4.78 is 0. The number of anilines is 2. The first-order chi connectivity index (χ1) is 12.2. The average Bonchev–Trinajstić information content (AvgIpc) is 3.10. The molecular formula is C18H19N5OS. The van der Waals surface area contributed by atoms with E-state index in [9.17, 15) is 4.79 Å². The van der Waals surface area contributed by atoms with Gasteiger partial charge in [0, 0.05) is 23.6 Å². The Labute approximate surface area is 150 Å². The van der Waals surface area contributed by atoms with Crippen molar-refractivity contribution in [2.45, 2.75) is 26.2 Å². The van der Waals surface area contributed by atoms with Crippen molar-refractivity contribution in [2.24, 2.45) is 0 Å². The monoisotopic (exact) mass is 353 g/mol. The quantitative estimate of drug-likeness (QED) is 0.679. The first kappa shape index (κ1) is 17.0. The van der Waals surface area contributed by atoms with E-state index in [1.165, 1.54) is 29.7 Å². The van der Waals surface area contributed by atoms with E-state index >= 15 is 0 Å². The lowest BCUT2D eigenvalue weighted by atomic mass is 10.1. The molecule has 0 saturated carbocycles. The lowest BCUT2D eigenvalue weighted by molar-refractivity contribution is 0.262. The molecule has 0 aliphatic rings. The third-order valence-corrected chi connectivity index (χ3v) is 4.49. The molecule has 0 saturated heterocycles. The van der Waals surface area contributed by atoms with Crippen molar-refractivity contribution in [3.63, 3.8) is 0 Å². The minimum atomic E-state index is -0.335. The number of pyridine rings is 1. The zero-order valence-electron chi connectivity index (χ0n) is 13.9. The van der Waals surface area contributed by atoms with Crippen molar-refractivity contribution < 1.29 is 4.79 Å². The van der Waals surface area contributed by atoms with Crippen LogP contribution in [-0.4, -0.2) is 21.2 Å². The second kappa shape index (κ2) is 8.34. The van der Waals surface area contributed by atoms with Gasteiger partial charge in [-0.2, -0.15) is 0 Å². The lowest BCUT2D eigenvalue weighted by Gasteiger charge is -2.06. The molecule has 6 nitrogen and oxygen atoms in total. The molecule has 0 radical (unpaired) electrons. The summed E-state index contributed by atoms with van der Waals surface area (Å²) in [5.41, 5.74) is 2.94. The molecular weight excluding hydrogens is 334 g/mol. The van der Waals surface area contributed by atoms with Crippen LogP contribution in [-0.2, 0) is 6.42 Å². The molecule has 0 aliphatic heterocycles. The smallest absolute Gasteiger partial charge is 0.308 e. The molecule has 3 rings (SSSR count). The predicted molar refractivity (Wildman–Crippen MR) is 101 cm³/mol. The van der Waals surface area contributed by atoms with Crippen molar-refractivity contribution in [1.82, 2.24) is 15.2 Å². The molecule has 3 aromatic rings. The maximum Gasteiger partial charge on any atom is 0.325 e. The molecule has 128 valence electrons. The van der Waals surface area contributed by atoms with Gasteiger partial charge in [-0.05, 0) is 42.7 Å². The Hall–Kier alpha value is -2.80. The highest BCUT2D eigenvalue weighted by atomic mass is 32.1. The fourth-order valence-corrected chi connectivity index (χ4v) is 3.02. The van der Waals surface area contributed by atoms with Gasteiger partial charge in [0.2, 0.25) is 5.13 Å². The molecule has 2 heterocycles. The van der Waals surface area contributed by atoms with Crippen molar-refractivity contribution >= 4 is 28.2 Å². The highest BCUT2D eigenvalue weighted by molar-refractivity contribution is 7.18. The van der Waals surface area contributed by atoms with Crippen molar-refractivity contribution in [2.75, 3.05) is 10.6 Å². The average molecular weight is 353 g/mol. The molecule has 2 amide bonds. The van der Waals surface area contributed by atoms with Gasteiger partial charge < -0.3 is 5.32 Å². The molecule has 2 aromatic heterocycles. The number of rotatable bonds is 6. The van der Waals surface area contributed by atoms with E-state index in [0.29, 0.717) is 5.13 Å². The molecule has 25 heavy (non-hydrogen) atoms. The Morgan fingerprint density at radius 2 is 1.80 bits per heavy atom. The summed E-state index contributed by atoms with van der Waals surface area (Å²) >= 11 is 1.31. The first-order valence-corrected chi connectivity index (χ1v) is 8.97. The second-order valence-electron chi connectivity index (χ2n) is 5.53. The van der Waals surface area contributed by atoms with Crippen LogP contribution in [0.2, 0.25) is 0 Å². The fraction of sp³-hybridized carbons (Fsp3) is 0.222. The van der Waals surface area contributed by atoms with Crippen LogP contribution in [0.4, 0.5) is 15.6 Å². The number of nitrogens with one attached hydrogen (secondary N) is 2. The minimum Gasteiger partial charge on any atom is -0.308 e. The largest absolute Gasteiger partial charge is 0.325 e. The number of nitrogens with zero attached hydrogens (tertiary/aromatic N) is 3. The number of benzene rings is 1. The fourth-order valence-electron chi connectivity index (χ4n) is 2.28. The molecule has 1 aromatic carbocycles. The summed E-state index contributed by atoms with van der Waals surface area (Å²) in [6.45, 7) is 2.17. The van der Waals surface area contributed by atoms with Crippen LogP contribution >= 0.6 is 11.3 Å². The van der Waals surface area contributed by atoms with Gasteiger partial charge in [-0.25, -0.2) is 4.79 Å². The summed E-state index contributed by atoms with van der Waals surface area (Å²) in [6.07, 6.45) is 6.79. The molecule has 2 N–H and O–H groups in total. The molecule has 0 spiro atoms. The van der Waals surface area contributed by atoms with E-state index < -0.39 is 0 Å². The summed E-state index contributed by atoms with van der Waals surface area (Å²) in [7, 11) is 0. The predicted octanol–water partition coefficient (Wildman–Crippen LogP) is 4.59. The molecule has 7 heteroatoms. The van der Waals surface area contributed by atoms with Gasteiger partial charge in [0.15, 0.2) is 0 Å². The van der Waals surface area contributed by atoms with Gasteiger partial charge in [0.25, 0.3) is 0 Å². The topological polar surface area (TPSA) is 79.8 Å². The molecule has 0 aliphatic carbocycles. The lowest BCUT2D eigenvalue weighted by Crippen LogP contribution is -2.19. The summed E-state index contributed by atoms with van der Waals surface area (Å²) in [5.74, 6) is 0. The SMILES string of the molecule is CCCCc1ccc(NC(=O)Nc2nnc(-c3ccncc3)s2)cc1. The summed E-state index contributed by atoms with van der Waals surface area (Å²) in [6, 6.07) is 11.3. The number of aromatic nitrogens is 3. The number of hydrogen-bond donors (Lipinski definition) is 2. The van der Waals surface area contributed by atoms with Crippen LogP contribution in [0.25, 0.3) is 10.6 Å². The molecule has 0 unspecified atom stereocenters. The third kappa shape index (κ3) is 4.84. The number of carbonyl (C=O) groups is 1. The van der Waals surface area contributed by atoms with Gasteiger partial charge in [0.1, 0.15) is 5.01 Å². The molecule has 0 atom stereocenters. The summed E-state index contributed by atoms with van der Waals surface area (Å²) in [4.78, 5) is 16.1. The van der Waals surface area contributed by atoms with E-state index in [2.05, 4.69) is 32.7 Å². The van der Waals surface area contributed by atoms with Crippen LogP contribution in [0.15, 0.2) is 48.8 Å². The van der Waals surface area contributed by atoms with Gasteiger partial charge in [-0.3, -0.25) is 10.3 Å².